The van der Waals surface area contributed by atoms with Gasteiger partial charge in [-0.1, -0.05) is 42.5 Å². The van der Waals surface area contributed by atoms with Crippen LogP contribution in [0.5, 0.6) is 11.5 Å². The Labute approximate surface area is 154 Å². The lowest BCUT2D eigenvalue weighted by molar-refractivity contribution is 0.297. The molecule has 3 rings (SSSR count). The van der Waals surface area contributed by atoms with Crippen molar-refractivity contribution in [1.29, 1.82) is 0 Å². The molecule has 4 heteroatoms. The van der Waals surface area contributed by atoms with Gasteiger partial charge < -0.3 is 15.2 Å². The van der Waals surface area contributed by atoms with E-state index in [1.807, 2.05) is 54.6 Å². The summed E-state index contributed by atoms with van der Waals surface area (Å²) in [5.74, 6) is 1.47. The van der Waals surface area contributed by atoms with E-state index in [0.29, 0.717) is 13.0 Å². The molecule has 0 spiro atoms. The summed E-state index contributed by atoms with van der Waals surface area (Å²) >= 11 is 0. The molecule has 0 aliphatic carbocycles. The molecule has 3 aromatic rings. The van der Waals surface area contributed by atoms with E-state index in [9.17, 15) is 0 Å². The Morgan fingerprint density at radius 1 is 0.923 bits per heavy atom. The lowest BCUT2D eigenvalue weighted by Crippen LogP contribution is -2.14. The summed E-state index contributed by atoms with van der Waals surface area (Å²) in [4.78, 5) is 4.32. The average molecular weight is 348 g/mol. The van der Waals surface area contributed by atoms with Crippen molar-refractivity contribution in [1.82, 2.24) is 4.98 Å². The van der Waals surface area contributed by atoms with Crippen LogP contribution in [0.1, 0.15) is 22.9 Å². The zero-order valence-electron chi connectivity index (χ0n) is 15.0. The fraction of sp³-hybridized carbons (Fsp3) is 0.227. The Kier molecular flexibility index (Phi) is 6.23. The predicted molar refractivity (Wildman–Crippen MR) is 104 cm³/mol. The number of hydrogen-bond acceptors (Lipinski definition) is 4. The van der Waals surface area contributed by atoms with Gasteiger partial charge in [0.2, 0.25) is 0 Å². The van der Waals surface area contributed by atoms with Crippen LogP contribution >= 0.6 is 0 Å². The Hall–Kier alpha value is -2.85. The smallest absolute Gasteiger partial charge is 0.161 e. The summed E-state index contributed by atoms with van der Waals surface area (Å²) in [5.41, 5.74) is 9.50. The van der Waals surface area contributed by atoms with Crippen LogP contribution in [0.4, 0.5) is 0 Å². The van der Waals surface area contributed by atoms with E-state index >= 15 is 0 Å². The third-order valence-corrected chi connectivity index (χ3v) is 4.24. The molecule has 0 fully saturated rings. The maximum Gasteiger partial charge on any atom is 0.161 e. The second kappa shape index (κ2) is 9.02. The summed E-state index contributed by atoms with van der Waals surface area (Å²) < 4.78 is 11.4. The van der Waals surface area contributed by atoms with E-state index in [4.69, 9.17) is 15.2 Å². The van der Waals surface area contributed by atoms with Crippen molar-refractivity contribution in [2.75, 3.05) is 13.7 Å². The highest BCUT2D eigenvalue weighted by molar-refractivity contribution is 5.43. The first-order chi connectivity index (χ1) is 12.8. The normalized spacial score (nSPS) is 11.8. The summed E-state index contributed by atoms with van der Waals surface area (Å²) in [7, 11) is 1.65. The van der Waals surface area contributed by atoms with Gasteiger partial charge >= 0.3 is 0 Å². The van der Waals surface area contributed by atoms with Crippen LogP contribution in [0.25, 0.3) is 0 Å². The van der Waals surface area contributed by atoms with E-state index < -0.39 is 0 Å². The molecule has 0 saturated carbocycles. The third kappa shape index (κ3) is 4.83. The summed E-state index contributed by atoms with van der Waals surface area (Å²) in [5, 5.41) is 0. The van der Waals surface area contributed by atoms with Crippen LogP contribution in [0.3, 0.4) is 0 Å². The Balaban J connectivity index is 1.62. The summed E-state index contributed by atoms with van der Waals surface area (Å²) in [6.45, 7) is 0.604. The van der Waals surface area contributed by atoms with Crippen molar-refractivity contribution < 1.29 is 9.47 Å². The Morgan fingerprint density at radius 2 is 1.73 bits per heavy atom. The molecule has 1 unspecified atom stereocenters. The Bertz CT molecular complexity index is 807. The minimum absolute atomic E-state index is 0.147. The highest BCUT2D eigenvalue weighted by atomic mass is 16.5. The van der Waals surface area contributed by atoms with Gasteiger partial charge in [0.15, 0.2) is 11.5 Å². The van der Waals surface area contributed by atoms with Crippen LogP contribution < -0.4 is 15.2 Å². The van der Waals surface area contributed by atoms with Crippen LogP contribution in [-0.2, 0) is 12.8 Å². The molecule has 0 aliphatic heterocycles. The fourth-order valence-electron chi connectivity index (χ4n) is 2.84. The molecule has 1 heterocycles. The fourth-order valence-corrected chi connectivity index (χ4v) is 2.84. The van der Waals surface area contributed by atoms with Gasteiger partial charge in [0, 0.05) is 12.6 Å². The largest absolute Gasteiger partial charge is 0.493 e. The van der Waals surface area contributed by atoms with E-state index in [1.165, 1.54) is 5.56 Å². The highest BCUT2D eigenvalue weighted by Crippen LogP contribution is 2.29. The molecule has 0 radical (unpaired) electrons. The van der Waals surface area contributed by atoms with Gasteiger partial charge in [-0.25, -0.2) is 0 Å². The zero-order valence-corrected chi connectivity index (χ0v) is 15.0. The topological polar surface area (TPSA) is 57.4 Å². The maximum atomic E-state index is 6.27. The van der Waals surface area contributed by atoms with Gasteiger partial charge in [0.1, 0.15) is 0 Å². The first-order valence-corrected chi connectivity index (χ1v) is 8.76. The molecule has 0 bridgehead atoms. The molecule has 26 heavy (non-hydrogen) atoms. The molecule has 1 atom stereocenters. The molecule has 4 nitrogen and oxygen atoms in total. The predicted octanol–water partition coefficient (Wildman–Crippen LogP) is 3.95. The molecular weight excluding hydrogens is 324 g/mol. The second-order valence-corrected chi connectivity index (χ2v) is 6.13. The van der Waals surface area contributed by atoms with Gasteiger partial charge in [-0.3, -0.25) is 4.98 Å². The van der Waals surface area contributed by atoms with Crippen molar-refractivity contribution in [3.05, 3.63) is 89.7 Å². The monoisotopic (exact) mass is 348 g/mol. The number of benzene rings is 2. The number of rotatable bonds is 8. The summed E-state index contributed by atoms with van der Waals surface area (Å²) in [6, 6.07) is 21.9. The second-order valence-electron chi connectivity index (χ2n) is 6.13. The number of methoxy groups -OCH3 is 1. The highest BCUT2D eigenvalue weighted by Gasteiger charge is 2.11. The third-order valence-electron chi connectivity index (χ3n) is 4.24. The van der Waals surface area contributed by atoms with E-state index in [2.05, 4.69) is 17.1 Å². The van der Waals surface area contributed by atoms with Gasteiger partial charge in [-0.15, -0.1) is 0 Å². The number of hydrogen-bond donors (Lipinski definition) is 1. The number of aromatic nitrogens is 1. The van der Waals surface area contributed by atoms with Gasteiger partial charge in [-0.2, -0.15) is 0 Å². The lowest BCUT2D eigenvalue weighted by Gasteiger charge is -2.15. The molecule has 2 N–H and O–H groups in total. The maximum absolute atomic E-state index is 6.27. The molecular formula is C22H24N2O2. The van der Waals surface area contributed by atoms with Crippen LogP contribution in [-0.4, -0.2) is 18.7 Å². The van der Waals surface area contributed by atoms with Crippen molar-refractivity contribution in [2.45, 2.75) is 18.9 Å². The van der Waals surface area contributed by atoms with Crippen molar-refractivity contribution in [3.63, 3.8) is 0 Å². The molecule has 134 valence electrons. The first kappa shape index (κ1) is 18.0. The molecule has 0 saturated heterocycles. The van der Waals surface area contributed by atoms with Crippen LogP contribution in [0, 0.1) is 0 Å². The van der Waals surface area contributed by atoms with E-state index in [-0.39, 0.29) is 6.04 Å². The molecule has 0 aliphatic rings. The number of nitrogens with two attached hydrogens (primary N) is 1. The van der Waals surface area contributed by atoms with Crippen molar-refractivity contribution in [3.8, 4) is 11.5 Å². The molecule has 0 amide bonds. The SMILES string of the molecule is COc1cc(CC(N)c2ccccn2)ccc1OCCc1ccccc1. The number of nitrogens with zero attached hydrogens (tertiary/aromatic N) is 1. The lowest BCUT2D eigenvalue weighted by atomic mass is 10.0. The quantitative estimate of drug-likeness (QED) is 0.669. The minimum atomic E-state index is -0.147. The molecule has 2 aromatic carbocycles. The van der Waals surface area contributed by atoms with Crippen LogP contribution in [0.15, 0.2) is 72.9 Å². The first-order valence-electron chi connectivity index (χ1n) is 8.76. The standard InChI is InChI=1S/C22H24N2O2/c1-25-22-16-18(15-19(23)20-9-5-6-13-24-20)10-11-21(22)26-14-12-17-7-3-2-4-8-17/h2-11,13,16,19H,12,14-15,23H2,1H3. The van der Waals surface area contributed by atoms with Crippen LogP contribution in [0.2, 0.25) is 0 Å². The van der Waals surface area contributed by atoms with Crippen molar-refractivity contribution in [2.24, 2.45) is 5.73 Å². The zero-order chi connectivity index (χ0) is 18.2. The van der Waals surface area contributed by atoms with Gasteiger partial charge in [0.05, 0.1) is 25.5 Å². The van der Waals surface area contributed by atoms with E-state index in [0.717, 1.165) is 29.2 Å². The number of ether oxygens (including phenoxy) is 2. The van der Waals surface area contributed by atoms with Gasteiger partial charge in [-0.05, 0) is 41.8 Å². The van der Waals surface area contributed by atoms with Gasteiger partial charge in [0.25, 0.3) is 0 Å². The Morgan fingerprint density at radius 3 is 2.46 bits per heavy atom. The summed E-state index contributed by atoms with van der Waals surface area (Å²) in [6.07, 6.45) is 3.31. The van der Waals surface area contributed by atoms with Crippen molar-refractivity contribution >= 4 is 0 Å². The molecule has 1 aromatic heterocycles. The number of pyridine rings is 1. The van der Waals surface area contributed by atoms with E-state index in [1.54, 1.807) is 13.3 Å². The minimum Gasteiger partial charge on any atom is -0.493 e. The average Bonchev–Trinajstić information content (AvgIpc) is 2.70.